The van der Waals surface area contributed by atoms with E-state index in [2.05, 4.69) is 4.90 Å². The summed E-state index contributed by atoms with van der Waals surface area (Å²) < 4.78 is 11.4. The van der Waals surface area contributed by atoms with Crippen LogP contribution in [0.2, 0.25) is 0 Å². The second-order valence-corrected chi connectivity index (χ2v) is 5.25. The highest BCUT2D eigenvalue weighted by Crippen LogP contribution is 2.34. The quantitative estimate of drug-likeness (QED) is 0.717. The number of ether oxygens (including phenoxy) is 2. The Morgan fingerprint density at radius 2 is 1.88 bits per heavy atom. The number of hydrogen-bond donors (Lipinski definition) is 1. The predicted molar refractivity (Wildman–Crippen MR) is 59.1 cm³/mol. The molecule has 0 bridgehead atoms. The lowest BCUT2D eigenvalue weighted by Gasteiger charge is -2.35. The lowest BCUT2D eigenvalue weighted by Crippen LogP contribution is -2.46. The summed E-state index contributed by atoms with van der Waals surface area (Å²) in [4.78, 5) is 2.37. The fraction of sp³-hybridized carbons (Fsp3) is 1.00. The van der Waals surface area contributed by atoms with E-state index < -0.39 is 0 Å². The van der Waals surface area contributed by atoms with Gasteiger partial charge in [0.15, 0.2) is 5.79 Å². The van der Waals surface area contributed by atoms with Gasteiger partial charge >= 0.3 is 0 Å². The Labute approximate surface area is 96.5 Å². The Morgan fingerprint density at radius 1 is 1.12 bits per heavy atom. The van der Waals surface area contributed by atoms with Gasteiger partial charge in [-0.1, -0.05) is 12.8 Å². The molecule has 1 saturated carbocycles. The first-order chi connectivity index (χ1) is 7.79. The summed E-state index contributed by atoms with van der Waals surface area (Å²) in [6.07, 6.45) is 5.30. The van der Waals surface area contributed by atoms with Crippen LogP contribution >= 0.6 is 0 Å². The molecule has 3 rings (SSSR count). The summed E-state index contributed by atoms with van der Waals surface area (Å²) in [6, 6.07) is 0.334. The molecule has 1 spiro atoms. The van der Waals surface area contributed by atoms with Crippen molar-refractivity contribution in [3.8, 4) is 0 Å². The highest BCUT2D eigenvalue weighted by atomic mass is 16.7. The molecule has 2 atom stereocenters. The Bertz CT molecular complexity index is 253. The first kappa shape index (κ1) is 11.0. The molecule has 2 aliphatic heterocycles. The molecule has 1 N–H and O–H groups in total. The molecule has 16 heavy (non-hydrogen) atoms. The van der Waals surface area contributed by atoms with E-state index in [1.54, 1.807) is 0 Å². The van der Waals surface area contributed by atoms with E-state index in [0.717, 1.165) is 45.6 Å². The van der Waals surface area contributed by atoms with Crippen LogP contribution in [0.15, 0.2) is 0 Å². The van der Waals surface area contributed by atoms with Crippen molar-refractivity contribution in [1.29, 1.82) is 0 Å². The van der Waals surface area contributed by atoms with E-state index in [1.807, 2.05) is 0 Å². The van der Waals surface area contributed by atoms with Gasteiger partial charge in [-0.2, -0.15) is 0 Å². The smallest absolute Gasteiger partial charge is 0.182 e. The fourth-order valence-electron chi connectivity index (χ4n) is 3.31. The van der Waals surface area contributed by atoms with Gasteiger partial charge in [0.05, 0.1) is 25.9 Å². The largest absolute Gasteiger partial charge is 0.391 e. The predicted octanol–water partition coefficient (Wildman–Crippen LogP) is 0.739. The lowest BCUT2D eigenvalue weighted by molar-refractivity contribution is -0.148. The van der Waals surface area contributed by atoms with Gasteiger partial charge in [-0.05, 0) is 12.8 Å². The highest BCUT2D eigenvalue weighted by molar-refractivity contribution is 4.93. The summed E-state index contributed by atoms with van der Waals surface area (Å²) in [6.45, 7) is 3.29. The Morgan fingerprint density at radius 3 is 2.62 bits per heavy atom. The van der Waals surface area contributed by atoms with E-state index in [1.165, 1.54) is 12.8 Å². The number of aliphatic hydroxyl groups is 1. The van der Waals surface area contributed by atoms with Crippen molar-refractivity contribution in [3.05, 3.63) is 0 Å². The van der Waals surface area contributed by atoms with Gasteiger partial charge in [0, 0.05) is 19.0 Å². The van der Waals surface area contributed by atoms with Crippen LogP contribution < -0.4 is 0 Å². The van der Waals surface area contributed by atoms with Crippen molar-refractivity contribution in [2.45, 2.75) is 50.0 Å². The van der Waals surface area contributed by atoms with Gasteiger partial charge < -0.3 is 14.6 Å². The number of rotatable bonds is 1. The van der Waals surface area contributed by atoms with Crippen LogP contribution in [-0.2, 0) is 9.47 Å². The molecule has 2 saturated heterocycles. The molecule has 0 aromatic rings. The third-order valence-electron chi connectivity index (χ3n) is 4.20. The van der Waals surface area contributed by atoms with Crippen LogP contribution in [0.4, 0.5) is 0 Å². The number of likely N-dealkylation sites (tertiary alicyclic amines) is 1. The molecule has 0 aromatic heterocycles. The van der Waals surface area contributed by atoms with Crippen molar-refractivity contribution in [2.75, 3.05) is 26.3 Å². The van der Waals surface area contributed by atoms with E-state index >= 15 is 0 Å². The maximum atomic E-state index is 10.0. The summed E-state index contributed by atoms with van der Waals surface area (Å²) in [5, 5.41) is 10.0. The second kappa shape index (κ2) is 4.26. The first-order valence-corrected chi connectivity index (χ1v) is 6.49. The zero-order valence-electron chi connectivity index (χ0n) is 9.73. The van der Waals surface area contributed by atoms with Crippen LogP contribution in [-0.4, -0.2) is 54.2 Å². The van der Waals surface area contributed by atoms with Crippen molar-refractivity contribution < 1.29 is 14.6 Å². The minimum absolute atomic E-state index is 0.148. The minimum Gasteiger partial charge on any atom is -0.391 e. The molecule has 1 aliphatic carbocycles. The maximum absolute atomic E-state index is 10.0. The summed E-state index contributed by atoms with van der Waals surface area (Å²) in [5.41, 5.74) is 0. The third kappa shape index (κ3) is 1.88. The second-order valence-electron chi connectivity index (χ2n) is 5.25. The molecule has 0 radical (unpaired) electrons. The molecule has 2 heterocycles. The lowest BCUT2D eigenvalue weighted by atomic mass is 9.91. The molecule has 4 nitrogen and oxygen atoms in total. The molecule has 0 aromatic carbocycles. The summed E-state index contributed by atoms with van der Waals surface area (Å²) >= 11 is 0. The van der Waals surface area contributed by atoms with Crippen LogP contribution in [0, 0.1) is 0 Å². The first-order valence-electron chi connectivity index (χ1n) is 6.49. The normalized spacial score (nSPS) is 39.6. The van der Waals surface area contributed by atoms with Crippen LogP contribution in [0.25, 0.3) is 0 Å². The van der Waals surface area contributed by atoms with Gasteiger partial charge in [-0.25, -0.2) is 0 Å². The SMILES string of the molecule is OC1CCCCC1N1CCC2(C1)OCCO2. The van der Waals surface area contributed by atoms with Gasteiger partial charge in [0.2, 0.25) is 0 Å². The molecular formula is C12H21NO3. The monoisotopic (exact) mass is 227 g/mol. The molecule has 0 amide bonds. The maximum Gasteiger partial charge on any atom is 0.182 e. The van der Waals surface area contributed by atoms with Crippen LogP contribution in [0.5, 0.6) is 0 Å². The number of hydrogen-bond acceptors (Lipinski definition) is 4. The van der Waals surface area contributed by atoms with E-state index in [4.69, 9.17) is 9.47 Å². The number of nitrogens with zero attached hydrogens (tertiary/aromatic N) is 1. The van der Waals surface area contributed by atoms with Crippen LogP contribution in [0.1, 0.15) is 32.1 Å². The minimum atomic E-state index is -0.336. The van der Waals surface area contributed by atoms with Crippen molar-refractivity contribution in [1.82, 2.24) is 4.90 Å². The van der Waals surface area contributed by atoms with E-state index in [9.17, 15) is 5.11 Å². The molecule has 3 aliphatic rings. The topological polar surface area (TPSA) is 41.9 Å². The van der Waals surface area contributed by atoms with Gasteiger partial charge in [-0.3, -0.25) is 4.90 Å². The zero-order valence-corrected chi connectivity index (χ0v) is 9.73. The highest BCUT2D eigenvalue weighted by Gasteiger charge is 2.46. The van der Waals surface area contributed by atoms with Gasteiger partial charge in [0.25, 0.3) is 0 Å². The van der Waals surface area contributed by atoms with Crippen LogP contribution in [0.3, 0.4) is 0 Å². The van der Waals surface area contributed by atoms with Crippen molar-refractivity contribution >= 4 is 0 Å². The zero-order chi connectivity index (χ0) is 11.0. The third-order valence-corrected chi connectivity index (χ3v) is 4.20. The van der Waals surface area contributed by atoms with Gasteiger partial charge in [0.1, 0.15) is 0 Å². The molecule has 3 fully saturated rings. The fourth-order valence-corrected chi connectivity index (χ4v) is 3.31. The average Bonchev–Trinajstić information content (AvgIpc) is 2.91. The Hall–Kier alpha value is -0.160. The molecule has 92 valence electrons. The molecule has 4 heteroatoms. The van der Waals surface area contributed by atoms with Crippen molar-refractivity contribution in [2.24, 2.45) is 0 Å². The van der Waals surface area contributed by atoms with E-state index in [0.29, 0.717) is 6.04 Å². The Kier molecular flexibility index (Phi) is 2.92. The average molecular weight is 227 g/mol. The summed E-state index contributed by atoms with van der Waals surface area (Å²) in [5.74, 6) is -0.336. The van der Waals surface area contributed by atoms with Crippen molar-refractivity contribution in [3.63, 3.8) is 0 Å². The molecule has 2 unspecified atom stereocenters. The standard InChI is InChI=1S/C12H21NO3/c14-11-4-2-1-3-10(11)13-6-5-12(9-13)15-7-8-16-12/h10-11,14H,1-9H2. The van der Waals surface area contributed by atoms with Gasteiger partial charge in [-0.15, -0.1) is 0 Å². The Balaban J connectivity index is 1.63. The number of aliphatic hydroxyl groups excluding tert-OH is 1. The summed E-state index contributed by atoms with van der Waals surface area (Å²) in [7, 11) is 0. The van der Waals surface area contributed by atoms with E-state index in [-0.39, 0.29) is 11.9 Å². The molecular weight excluding hydrogens is 206 g/mol.